The second-order valence-corrected chi connectivity index (χ2v) is 20.1. The van der Waals surface area contributed by atoms with E-state index in [9.17, 15) is 46.0 Å². The maximum atomic E-state index is 12.2. The number of aliphatic hydroxyl groups is 9. The molecule has 0 amide bonds. The van der Waals surface area contributed by atoms with Crippen LogP contribution in [0.2, 0.25) is 0 Å². The highest BCUT2D eigenvalue weighted by Gasteiger charge is 2.71. The van der Waals surface area contributed by atoms with Gasteiger partial charge in [-0.1, -0.05) is 46.3 Å². The van der Waals surface area contributed by atoms with Gasteiger partial charge in [0.2, 0.25) is 0 Å². The van der Waals surface area contributed by atoms with Gasteiger partial charge in [-0.2, -0.15) is 0 Å². The fourth-order valence-electron chi connectivity index (χ4n) is 13.3. The summed E-state index contributed by atoms with van der Waals surface area (Å²) in [6.07, 6.45) is -6.48. The molecule has 6 fully saturated rings. The molecule has 2 aliphatic heterocycles. The number of ether oxygens (including phenoxy) is 4. The molecule has 4 aliphatic carbocycles. The van der Waals surface area contributed by atoms with Gasteiger partial charge in [-0.3, -0.25) is 0 Å². The summed E-state index contributed by atoms with van der Waals surface area (Å²) in [5, 5.41) is 97.4. The quantitative estimate of drug-likeness (QED) is 0.115. The van der Waals surface area contributed by atoms with Gasteiger partial charge in [-0.25, -0.2) is 0 Å². The van der Waals surface area contributed by atoms with E-state index in [0.717, 1.165) is 38.5 Å². The van der Waals surface area contributed by atoms with Crippen molar-refractivity contribution in [3.8, 4) is 0 Å². The van der Waals surface area contributed by atoms with Gasteiger partial charge in [-0.15, -0.1) is 0 Å². The Hall–Kier alpha value is -0.780. The molecule has 0 aromatic carbocycles. The van der Waals surface area contributed by atoms with Crippen molar-refractivity contribution < 1.29 is 64.9 Å². The van der Waals surface area contributed by atoms with Crippen molar-refractivity contribution >= 4 is 0 Å². The molecule has 2 heterocycles. The van der Waals surface area contributed by atoms with E-state index in [1.807, 2.05) is 6.92 Å². The molecule has 0 unspecified atom stereocenters. The Morgan fingerprint density at radius 1 is 0.727 bits per heavy atom. The summed E-state index contributed by atoms with van der Waals surface area (Å²) in [6, 6.07) is 0. The molecule has 318 valence electrons. The lowest BCUT2D eigenvalue weighted by atomic mass is 9.35. The van der Waals surface area contributed by atoms with E-state index in [2.05, 4.69) is 54.5 Å². The first-order valence-electron chi connectivity index (χ1n) is 20.9. The van der Waals surface area contributed by atoms with Crippen molar-refractivity contribution in [3.63, 3.8) is 0 Å². The maximum Gasteiger partial charge on any atom is 0.187 e. The number of hydrogen-bond donors (Lipinski definition) is 9. The van der Waals surface area contributed by atoms with E-state index in [1.54, 1.807) is 0 Å². The first kappa shape index (κ1) is 43.8. The fraction of sp³-hybridized carbons (Fsp3) is 0.952. The third-order valence-electron chi connectivity index (χ3n) is 16.6. The molecule has 6 rings (SSSR count). The number of hydrogen-bond acceptors (Lipinski definition) is 13. The zero-order valence-electron chi connectivity index (χ0n) is 34.3. The lowest BCUT2D eigenvalue weighted by molar-refractivity contribution is -0.378. The van der Waals surface area contributed by atoms with Gasteiger partial charge in [0.1, 0.15) is 48.8 Å². The molecule has 13 heteroatoms. The van der Waals surface area contributed by atoms with E-state index in [4.69, 9.17) is 18.9 Å². The molecule has 0 aromatic heterocycles. The molecular formula is C42H72O13. The average Bonchev–Trinajstić information content (AvgIpc) is 3.50. The molecule has 4 saturated carbocycles. The minimum atomic E-state index is -1.75. The Bertz CT molecular complexity index is 1370. The highest BCUT2D eigenvalue weighted by atomic mass is 16.8. The van der Waals surface area contributed by atoms with Crippen molar-refractivity contribution in [1.29, 1.82) is 0 Å². The highest BCUT2D eigenvalue weighted by Crippen LogP contribution is 2.76. The molecule has 20 atom stereocenters. The van der Waals surface area contributed by atoms with E-state index >= 15 is 0 Å². The molecular weight excluding hydrogens is 712 g/mol. The number of aliphatic hydroxyl groups excluding tert-OH is 8. The van der Waals surface area contributed by atoms with Crippen LogP contribution < -0.4 is 0 Å². The van der Waals surface area contributed by atoms with Gasteiger partial charge in [0.05, 0.1) is 31.0 Å². The smallest absolute Gasteiger partial charge is 0.187 e. The van der Waals surface area contributed by atoms with Crippen LogP contribution in [0, 0.1) is 45.3 Å². The molecule has 9 N–H and O–H groups in total. The van der Waals surface area contributed by atoms with Crippen LogP contribution in [-0.4, -0.2) is 138 Å². The van der Waals surface area contributed by atoms with Gasteiger partial charge in [0.15, 0.2) is 12.6 Å². The molecule has 0 bridgehead atoms. The Morgan fingerprint density at radius 2 is 1.33 bits per heavy atom. The van der Waals surface area contributed by atoms with Gasteiger partial charge in [0.25, 0.3) is 0 Å². The summed E-state index contributed by atoms with van der Waals surface area (Å²) in [4.78, 5) is 0. The molecule has 2 saturated heterocycles. The van der Waals surface area contributed by atoms with Crippen molar-refractivity contribution in [2.24, 2.45) is 45.3 Å². The van der Waals surface area contributed by atoms with Crippen LogP contribution in [0.25, 0.3) is 0 Å². The summed E-state index contributed by atoms with van der Waals surface area (Å²) >= 11 is 0. The average molecular weight is 785 g/mol. The van der Waals surface area contributed by atoms with E-state index < -0.39 is 97.8 Å². The lowest BCUT2D eigenvalue weighted by Gasteiger charge is -2.70. The minimum Gasteiger partial charge on any atom is -0.394 e. The normalized spacial score (nSPS) is 52.0. The van der Waals surface area contributed by atoms with Crippen molar-refractivity contribution in [2.45, 2.75) is 192 Å². The van der Waals surface area contributed by atoms with Crippen molar-refractivity contribution in [1.82, 2.24) is 0 Å². The van der Waals surface area contributed by atoms with Crippen LogP contribution in [0.4, 0.5) is 0 Å². The van der Waals surface area contributed by atoms with Crippen LogP contribution in [0.1, 0.15) is 113 Å². The lowest BCUT2D eigenvalue weighted by Crippen LogP contribution is -2.68. The van der Waals surface area contributed by atoms with Crippen molar-refractivity contribution in [2.75, 3.05) is 13.2 Å². The van der Waals surface area contributed by atoms with Crippen LogP contribution >= 0.6 is 0 Å². The molecule has 13 nitrogen and oxygen atoms in total. The SMILES string of the molecule is CC(C)=CCC[C@@](C)(O)[C@H]1CC[C@]2(C)[C@@H]1[C@H](O)C[C@@H]1[C@@]3(C)CC[C@H](O[C@@H]4O[C@H](CO)[C@@H](O)[C@H](O)[C@H]4O[C@H]4O[C@@H](CO)[C@H](O)[C@@H](O)[C@@H]4O)C(C)(C)[C@@H]3CC[C@]12C. The monoisotopic (exact) mass is 784 g/mol. The predicted octanol–water partition coefficient (Wildman–Crippen LogP) is 2.15. The largest absolute Gasteiger partial charge is 0.394 e. The molecule has 6 aliphatic rings. The Balaban J connectivity index is 1.23. The zero-order chi connectivity index (χ0) is 40.6. The predicted molar refractivity (Wildman–Crippen MR) is 201 cm³/mol. The molecule has 0 radical (unpaired) electrons. The van der Waals surface area contributed by atoms with Crippen molar-refractivity contribution in [3.05, 3.63) is 11.6 Å². The second-order valence-electron chi connectivity index (χ2n) is 20.1. The number of rotatable bonds is 10. The molecule has 0 spiro atoms. The van der Waals surface area contributed by atoms with Gasteiger partial charge < -0.3 is 64.9 Å². The first-order chi connectivity index (χ1) is 25.6. The Labute approximate surface area is 327 Å². The summed E-state index contributed by atoms with van der Waals surface area (Å²) in [5.41, 5.74) is -0.405. The Kier molecular flexibility index (Phi) is 12.5. The van der Waals surface area contributed by atoms with Crippen LogP contribution in [0.5, 0.6) is 0 Å². The standard InChI is InChI=1S/C42H72O13/c1-21(2)10-9-14-42(8,51)22-11-16-41(7)29(22)23(45)18-27-39(5)15-13-28(38(3,4)26(39)12-17-40(27,41)6)54-37-35(33(49)31(47)25(20-44)53-37)55-36-34(50)32(48)30(46)24(19-43)52-36/h10,22-37,43-51H,9,11-20H2,1-8H3/t22-,23+,24-,25+,26-,27+,28-,29-,30-,31+,32+,33-,34-,35+,36+,37-,39-,40+,41+,42+/m0/s1. The number of fused-ring (bicyclic) bond motifs is 5. The van der Waals surface area contributed by atoms with Crippen LogP contribution in [0.15, 0.2) is 11.6 Å². The third-order valence-corrected chi connectivity index (χ3v) is 16.6. The van der Waals surface area contributed by atoms with Gasteiger partial charge in [-0.05, 0) is 124 Å². The highest BCUT2D eigenvalue weighted by molar-refractivity contribution is 5.20. The first-order valence-corrected chi connectivity index (χ1v) is 20.9. The summed E-state index contributed by atoms with van der Waals surface area (Å²) in [6.45, 7) is 16.5. The third kappa shape index (κ3) is 7.20. The second kappa shape index (κ2) is 15.7. The van der Waals surface area contributed by atoms with Gasteiger partial charge in [0, 0.05) is 0 Å². The maximum absolute atomic E-state index is 12.2. The van der Waals surface area contributed by atoms with E-state index in [-0.39, 0.29) is 39.9 Å². The minimum absolute atomic E-state index is 0.00798. The Morgan fingerprint density at radius 3 is 1.95 bits per heavy atom. The van der Waals surface area contributed by atoms with Gasteiger partial charge >= 0.3 is 0 Å². The summed E-state index contributed by atoms with van der Waals surface area (Å²) in [5.74, 6) is 0.445. The van der Waals surface area contributed by atoms with Crippen LogP contribution in [-0.2, 0) is 18.9 Å². The molecule has 55 heavy (non-hydrogen) atoms. The topological polar surface area (TPSA) is 219 Å². The van der Waals surface area contributed by atoms with Crippen LogP contribution in [0.3, 0.4) is 0 Å². The summed E-state index contributed by atoms with van der Waals surface area (Å²) in [7, 11) is 0. The van der Waals surface area contributed by atoms with E-state index in [0.29, 0.717) is 19.3 Å². The zero-order valence-corrected chi connectivity index (χ0v) is 34.3. The number of allylic oxidation sites excluding steroid dienone is 2. The summed E-state index contributed by atoms with van der Waals surface area (Å²) < 4.78 is 24.4. The molecule has 0 aromatic rings. The van der Waals surface area contributed by atoms with E-state index in [1.165, 1.54) is 5.57 Å². The fourth-order valence-corrected chi connectivity index (χ4v) is 13.3.